The van der Waals surface area contributed by atoms with Gasteiger partial charge in [-0.15, -0.1) is 0 Å². The molecule has 0 radical (unpaired) electrons. The van der Waals surface area contributed by atoms with E-state index in [1.54, 1.807) is 6.92 Å². The Kier molecular flexibility index (Phi) is 4.00. The molecule has 1 atom stereocenters. The minimum Gasteiger partial charge on any atom is -0.389 e. The summed E-state index contributed by atoms with van der Waals surface area (Å²) in [5.74, 6) is 0. The molecule has 2 rings (SSSR count). The molecule has 0 aliphatic carbocycles. The number of benzene rings is 2. The van der Waals surface area contributed by atoms with Gasteiger partial charge in [-0.2, -0.15) is 0 Å². The van der Waals surface area contributed by atoms with Crippen LogP contribution in [0.2, 0.25) is 0 Å². The minimum atomic E-state index is -0.406. The van der Waals surface area contributed by atoms with Crippen LogP contribution in [0.1, 0.15) is 29.7 Å². The van der Waals surface area contributed by atoms with Crippen molar-refractivity contribution in [1.29, 1.82) is 0 Å². The van der Waals surface area contributed by atoms with E-state index < -0.39 is 6.10 Å². The van der Waals surface area contributed by atoms with Crippen LogP contribution in [0.25, 0.3) is 0 Å². The van der Waals surface area contributed by atoms with E-state index in [0.717, 1.165) is 17.8 Å². The maximum absolute atomic E-state index is 9.43. The highest BCUT2D eigenvalue weighted by Crippen LogP contribution is 2.16. The molecule has 94 valence electrons. The predicted molar refractivity (Wildman–Crippen MR) is 75.6 cm³/mol. The first-order chi connectivity index (χ1) is 8.65. The van der Waals surface area contributed by atoms with E-state index >= 15 is 0 Å². The third kappa shape index (κ3) is 3.34. The number of rotatable bonds is 4. The van der Waals surface area contributed by atoms with Crippen LogP contribution in [-0.2, 0) is 6.54 Å². The number of hydrogen-bond donors (Lipinski definition) is 2. The Morgan fingerprint density at radius 3 is 2.17 bits per heavy atom. The van der Waals surface area contributed by atoms with E-state index in [0.29, 0.717) is 0 Å². The molecule has 2 aromatic carbocycles. The molecule has 18 heavy (non-hydrogen) atoms. The van der Waals surface area contributed by atoms with Gasteiger partial charge in [-0.25, -0.2) is 0 Å². The lowest BCUT2D eigenvalue weighted by molar-refractivity contribution is 0.199. The number of anilines is 1. The van der Waals surface area contributed by atoms with Crippen molar-refractivity contribution < 1.29 is 5.11 Å². The van der Waals surface area contributed by atoms with Crippen molar-refractivity contribution in [3.05, 3.63) is 65.2 Å². The van der Waals surface area contributed by atoms with E-state index in [-0.39, 0.29) is 0 Å². The first-order valence-electron chi connectivity index (χ1n) is 6.22. The molecule has 2 heteroatoms. The number of hydrogen-bond acceptors (Lipinski definition) is 2. The fraction of sp³-hybridized carbons (Fsp3) is 0.250. The van der Waals surface area contributed by atoms with Crippen molar-refractivity contribution in [2.45, 2.75) is 26.5 Å². The Morgan fingerprint density at radius 2 is 1.61 bits per heavy atom. The molecular formula is C16H19NO. The van der Waals surface area contributed by atoms with Crippen LogP contribution in [0.4, 0.5) is 5.69 Å². The molecule has 0 saturated carbocycles. The van der Waals surface area contributed by atoms with Crippen LogP contribution >= 0.6 is 0 Å². The van der Waals surface area contributed by atoms with Gasteiger partial charge >= 0.3 is 0 Å². The normalized spacial score (nSPS) is 12.2. The molecule has 0 aliphatic heterocycles. The Morgan fingerprint density at radius 1 is 1.00 bits per heavy atom. The smallest absolute Gasteiger partial charge is 0.0761 e. The summed E-state index contributed by atoms with van der Waals surface area (Å²) in [5.41, 5.74) is 4.55. The molecule has 2 N–H and O–H groups in total. The maximum Gasteiger partial charge on any atom is 0.0761 e. The lowest BCUT2D eigenvalue weighted by atomic mass is 10.1. The van der Waals surface area contributed by atoms with Gasteiger partial charge in [0.1, 0.15) is 0 Å². The number of aliphatic hydroxyl groups excluding tert-OH is 1. The quantitative estimate of drug-likeness (QED) is 0.856. The third-order valence-electron chi connectivity index (χ3n) is 3.01. The van der Waals surface area contributed by atoms with Crippen LogP contribution in [0, 0.1) is 6.92 Å². The van der Waals surface area contributed by atoms with E-state index in [1.165, 1.54) is 11.1 Å². The highest BCUT2D eigenvalue weighted by molar-refractivity contribution is 5.45. The van der Waals surface area contributed by atoms with Crippen LogP contribution in [0.3, 0.4) is 0 Å². The molecule has 0 aliphatic rings. The van der Waals surface area contributed by atoms with Crippen LogP contribution in [0.15, 0.2) is 48.5 Å². The monoisotopic (exact) mass is 241 g/mol. The average molecular weight is 241 g/mol. The molecule has 2 nitrogen and oxygen atoms in total. The Hall–Kier alpha value is -1.80. The van der Waals surface area contributed by atoms with E-state index in [4.69, 9.17) is 0 Å². The Balaban J connectivity index is 1.95. The SMILES string of the molecule is Cc1ccc(CNc2ccc(C(C)O)cc2)cc1. The van der Waals surface area contributed by atoms with Gasteiger partial charge in [0, 0.05) is 12.2 Å². The fourth-order valence-corrected chi connectivity index (χ4v) is 1.79. The average Bonchev–Trinajstić information content (AvgIpc) is 2.38. The molecule has 0 fully saturated rings. The van der Waals surface area contributed by atoms with Gasteiger partial charge in [0.05, 0.1) is 6.10 Å². The highest BCUT2D eigenvalue weighted by Gasteiger charge is 2.00. The van der Waals surface area contributed by atoms with Crippen molar-refractivity contribution in [3.8, 4) is 0 Å². The molecule has 0 amide bonds. The van der Waals surface area contributed by atoms with Gasteiger partial charge in [0.15, 0.2) is 0 Å². The summed E-state index contributed by atoms with van der Waals surface area (Å²) < 4.78 is 0. The van der Waals surface area contributed by atoms with E-state index in [9.17, 15) is 5.11 Å². The Bertz CT molecular complexity index is 486. The van der Waals surface area contributed by atoms with E-state index in [2.05, 4.69) is 36.5 Å². The Labute approximate surface area is 108 Å². The van der Waals surface area contributed by atoms with Gasteiger partial charge in [-0.1, -0.05) is 42.0 Å². The zero-order chi connectivity index (χ0) is 13.0. The molecule has 0 aromatic heterocycles. The molecule has 0 bridgehead atoms. The molecule has 0 spiro atoms. The first-order valence-corrected chi connectivity index (χ1v) is 6.22. The van der Waals surface area contributed by atoms with Gasteiger partial charge < -0.3 is 10.4 Å². The van der Waals surface area contributed by atoms with Gasteiger partial charge in [0.25, 0.3) is 0 Å². The second-order valence-corrected chi connectivity index (χ2v) is 4.64. The lowest BCUT2D eigenvalue weighted by Gasteiger charge is -2.09. The van der Waals surface area contributed by atoms with Crippen molar-refractivity contribution in [2.75, 3.05) is 5.32 Å². The van der Waals surface area contributed by atoms with Crippen molar-refractivity contribution in [3.63, 3.8) is 0 Å². The van der Waals surface area contributed by atoms with Crippen LogP contribution in [-0.4, -0.2) is 5.11 Å². The number of aliphatic hydroxyl groups is 1. The van der Waals surface area contributed by atoms with Crippen molar-refractivity contribution >= 4 is 5.69 Å². The largest absolute Gasteiger partial charge is 0.389 e. The topological polar surface area (TPSA) is 32.3 Å². The van der Waals surface area contributed by atoms with Gasteiger partial charge in [-0.05, 0) is 37.1 Å². The second-order valence-electron chi connectivity index (χ2n) is 4.64. The van der Waals surface area contributed by atoms with Crippen LogP contribution < -0.4 is 5.32 Å². The summed E-state index contributed by atoms with van der Waals surface area (Å²) in [4.78, 5) is 0. The van der Waals surface area contributed by atoms with Crippen molar-refractivity contribution in [1.82, 2.24) is 0 Å². The fourth-order valence-electron chi connectivity index (χ4n) is 1.79. The highest BCUT2D eigenvalue weighted by atomic mass is 16.3. The maximum atomic E-state index is 9.43. The second kappa shape index (κ2) is 5.69. The van der Waals surface area contributed by atoms with Crippen LogP contribution in [0.5, 0.6) is 0 Å². The lowest BCUT2D eigenvalue weighted by Crippen LogP contribution is -1.99. The third-order valence-corrected chi connectivity index (χ3v) is 3.01. The van der Waals surface area contributed by atoms with E-state index in [1.807, 2.05) is 24.3 Å². The summed E-state index contributed by atoms with van der Waals surface area (Å²) in [7, 11) is 0. The summed E-state index contributed by atoms with van der Waals surface area (Å²) in [6, 6.07) is 16.4. The summed E-state index contributed by atoms with van der Waals surface area (Å²) in [6.07, 6.45) is -0.406. The minimum absolute atomic E-state index is 0.406. The zero-order valence-electron chi connectivity index (χ0n) is 10.9. The predicted octanol–water partition coefficient (Wildman–Crippen LogP) is 3.66. The molecular weight excluding hydrogens is 222 g/mol. The van der Waals surface area contributed by atoms with Crippen molar-refractivity contribution in [2.24, 2.45) is 0 Å². The summed E-state index contributed by atoms with van der Waals surface area (Å²) in [6.45, 7) is 4.68. The van der Waals surface area contributed by atoms with Gasteiger partial charge in [0.2, 0.25) is 0 Å². The van der Waals surface area contributed by atoms with Gasteiger partial charge in [-0.3, -0.25) is 0 Å². The standard InChI is InChI=1S/C16H19NO/c1-12-3-5-14(6-4-12)11-17-16-9-7-15(8-10-16)13(2)18/h3-10,13,17-18H,11H2,1-2H3. The zero-order valence-corrected chi connectivity index (χ0v) is 10.9. The molecule has 0 saturated heterocycles. The number of aryl methyl sites for hydroxylation is 1. The molecule has 1 unspecified atom stereocenters. The first kappa shape index (κ1) is 12.7. The summed E-state index contributed by atoms with van der Waals surface area (Å²) >= 11 is 0. The molecule has 2 aromatic rings. The number of nitrogens with one attached hydrogen (secondary N) is 1. The summed E-state index contributed by atoms with van der Waals surface area (Å²) in [5, 5.41) is 12.8. The molecule has 0 heterocycles.